The van der Waals surface area contributed by atoms with Crippen molar-refractivity contribution in [1.29, 1.82) is 0 Å². The van der Waals surface area contributed by atoms with Crippen molar-refractivity contribution in [2.75, 3.05) is 6.61 Å². The Hall–Kier alpha value is -3.00. The lowest BCUT2D eigenvalue weighted by Crippen LogP contribution is -2.19. The lowest BCUT2D eigenvalue weighted by atomic mass is 9.80. The number of rotatable bonds is 7. The molecular formula is C31H32F4O. The van der Waals surface area contributed by atoms with E-state index in [1.165, 1.54) is 57.4 Å². The maximum absolute atomic E-state index is 14.7. The van der Waals surface area contributed by atoms with Crippen LogP contribution >= 0.6 is 0 Å². The highest BCUT2D eigenvalue weighted by atomic mass is 19.4. The quantitative estimate of drug-likeness (QED) is 0.180. The van der Waals surface area contributed by atoms with E-state index in [-0.39, 0.29) is 5.39 Å². The summed E-state index contributed by atoms with van der Waals surface area (Å²) < 4.78 is 56.5. The Balaban J connectivity index is 1.38. The molecule has 1 nitrogen and oxygen atoms in total. The largest absolute Gasteiger partial charge is 0.481 e. The molecular weight excluding hydrogens is 464 g/mol. The molecule has 0 N–H and O–H groups in total. The van der Waals surface area contributed by atoms with Crippen LogP contribution in [-0.4, -0.2) is 12.8 Å². The van der Waals surface area contributed by atoms with E-state index >= 15 is 0 Å². The van der Waals surface area contributed by atoms with Crippen LogP contribution in [0, 0.1) is 29.5 Å². The van der Waals surface area contributed by atoms with Crippen LogP contribution in [0.3, 0.4) is 0 Å². The first-order valence-corrected chi connectivity index (χ1v) is 12.9. The second-order valence-corrected chi connectivity index (χ2v) is 9.78. The minimum atomic E-state index is -4.52. The van der Waals surface area contributed by atoms with Gasteiger partial charge in [0.1, 0.15) is 0 Å². The number of halogens is 4. The van der Waals surface area contributed by atoms with Crippen LogP contribution in [-0.2, 0) is 0 Å². The van der Waals surface area contributed by atoms with Crippen LogP contribution in [0.5, 0.6) is 5.75 Å². The van der Waals surface area contributed by atoms with E-state index in [2.05, 4.69) is 23.5 Å². The maximum atomic E-state index is 14.7. The zero-order valence-corrected chi connectivity index (χ0v) is 20.6. The number of ether oxygens (including phenoxy) is 1. The molecule has 3 aromatic carbocycles. The molecule has 1 aliphatic rings. The number of fused-ring (bicyclic) bond motifs is 1. The van der Waals surface area contributed by atoms with Gasteiger partial charge in [0, 0.05) is 16.9 Å². The summed E-state index contributed by atoms with van der Waals surface area (Å²) in [5, 5.41) is 0.819. The van der Waals surface area contributed by atoms with Gasteiger partial charge >= 0.3 is 6.18 Å². The van der Waals surface area contributed by atoms with E-state index in [1.54, 1.807) is 18.2 Å². The third-order valence-electron chi connectivity index (χ3n) is 7.01. The van der Waals surface area contributed by atoms with E-state index in [4.69, 9.17) is 0 Å². The SMILES string of the molecule is CCCCCC1CCC(C#Cc2ccc(-c3ccc4c(F)c(OCC(F)(F)F)ccc4c3)cc2)CC1. The number of hydrogen-bond acceptors (Lipinski definition) is 1. The molecule has 0 amide bonds. The summed E-state index contributed by atoms with van der Waals surface area (Å²) in [6.07, 6.45) is 5.79. The molecule has 0 unspecified atom stereocenters. The first kappa shape index (κ1) is 26.1. The standard InChI is InChI=1S/C31H32F4O/c1-2-3-4-5-22-6-8-23(9-7-22)10-11-24-12-14-25(15-13-24)26-16-18-28-27(20-26)17-19-29(30(28)32)36-21-31(33,34)35/h12-20,22-23H,2-9,21H2,1H3. The van der Waals surface area contributed by atoms with Crippen molar-refractivity contribution in [3.8, 4) is 28.7 Å². The van der Waals surface area contributed by atoms with Gasteiger partial charge in [0.25, 0.3) is 0 Å². The Labute approximate surface area is 210 Å². The lowest BCUT2D eigenvalue weighted by molar-refractivity contribution is -0.153. The van der Waals surface area contributed by atoms with Crippen molar-refractivity contribution >= 4 is 10.8 Å². The first-order chi connectivity index (χ1) is 17.3. The summed E-state index contributed by atoms with van der Waals surface area (Å²) in [4.78, 5) is 0. The van der Waals surface area contributed by atoms with Gasteiger partial charge in [-0.25, -0.2) is 4.39 Å². The molecule has 3 aromatic rings. The van der Waals surface area contributed by atoms with E-state index in [0.717, 1.165) is 22.6 Å². The number of alkyl halides is 3. The van der Waals surface area contributed by atoms with Crippen molar-refractivity contribution in [3.63, 3.8) is 0 Å². The van der Waals surface area contributed by atoms with Crippen LogP contribution in [0.4, 0.5) is 17.6 Å². The van der Waals surface area contributed by atoms with Gasteiger partial charge in [-0.1, -0.05) is 74.8 Å². The molecule has 0 radical (unpaired) electrons. The lowest BCUT2D eigenvalue weighted by Gasteiger charge is -2.25. The molecule has 0 saturated heterocycles. The maximum Gasteiger partial charge on any atom is 0.422 e. The number of hydrogen-bond donors (Lipinski definition) is 0. The Morgan fingerprint density at radius 3 is 2.31 bits per heavy atom. The minimum Gasteiger partial charge on any atom is -0.481 e. The second kappa shape index (κ2) is 11.8. The Morgan fingerprint density at radius 1 is 0.889 bits per heavy atom. The van der Waals surface area contributed by atoms with Gasteiger partial charge in [-0.2, -0.15) is 13.2 Å². The average molecular weight is 497 g/mol. The summed E-state index contributed by atoms with van der Waals surface area (Å²) in [7, 11) is 0. The van der Waals surface area contributed by atoms with Gasteiger partial charge in [0.2, 0.25) is 0 Å². The molecule has 1 fully saturated rings. The van der Waals surface area contributed by atoms with Crippen molar-refractivity contribution in [1.82, 2.24) is 0 Å². The highest BCUT2D eigenvalue weighted by Gasteiger charge is 2.29. The smallest absolute Gasteiger partial charge is 0.422 e. The Morgan fingerprint density at radius 2 is 1.61 bits per heavy atom. The molecule has 190 valence electrons. The Kier molecular flexibility index (Phi) is 8.56. The van der Waals surface area contributed by atoms with Gasteiger partial charge in [-0.3, -0.25) is 0 Å². The summed E-state index contributed by atoms with van der Waals surface area (Å²) in [5.74, 6) is 6.97. The van der Waals surface area contributed by atoms with E-state index in [9.17, 15) is 17.6 Å². The van der Waals surface area contributed by atoms with Crippen LogP contribution < -0.4 is 4.74 Å². The van der Waals surface area contributed by atoms with E-state index < -0.39 is 24.3 Å². The van der Waals surface area contributed by atoms with Crippen molar-refractivity contribution in [3.05, 3.63) is 66.0 Å². The molecule has 0 atom stereocenters. The molecule has 36 heavy (non-hydrogen) atoms. The highest BCUT2D eigenvalue weighted by Crippen LogP contribution is 2.33. The van der Waals surface area contributed by atoms with Crippen LogP contribution in [0.2, 0.25) is 0 Å². The fraction of sp³-hybridized carbons (Fsp3) is 0.419. The Bertz CT molecular complexity index is 1210. The van der Waals surface area contributed by atoms with Crippen LogP contribution in [0.1, 0.15) is 63.9 Å². The van der Waals surface area contributed by atoms with Gasteiger partial charge in [-0.05, 0) is 72.4 Å². The molecule has 4 rings (SSSR count). The molecule has 0 heterocycles. The summed E-state index contributed by atoms with van der Waals surface area (Å²) in [6.45, 7) is 0.726. The summed E-state index contributed by atoms with van der Waals surface area (Å²) >= 11 is 0. The fourth-order valence-corrected chi connectivity index (χ4v) is 4.93. The zero-order valence-electron chi connectivity index (χ0n) is 20.6. The summed E-state index contributed by atoms with van der Waals surface area (Å²) in [6, 6.07) is 16.0. The second-order valence-electron chi connectivity index (χ2n) is 9.78. The minimum absolute atomic E-state index is 0.223. The zero-order chi connectivity index (χ0) is 25.5. The first-order valence-electron chi connectivity index (χ1n) is 12.9. The van der Waals surface area contributed by atoms with Gasteiger partial charge in [0.15, 0.2) is 18.2 Å². The van der Waals surface area contributed by atoms with Crippen LogP contribution in [0.15, 0.2) is 54.6 Å². The van der Waals surface area contributed by atoms with Gasteiger partial charge < -0.3 is 4.74 Å². The molecule has 0 bridgehead atoms. The normalized spacial score (nSPS) is 18.0. The topological polar surface area (TPSA) is 9.23 Å². The van der Waals surface area contributed by atoms with E-state index in [1.807, 2.05) is 30.3 Å². The highest BCUT2D eigenvalue weighted by molar-refractivity contribution is 5.89. The number of benzene rings is 3. The molecule has 1 saturated carbocycles. The van der Waals surface area contributed by atoms with Gasteiger partial charge in [0.05, 0.1) is 0 Å². The van der Waals surface area contributed by atoms with Crippen molar-refractivity contribution < 1.29 is 22.3 Å². The molecule has 0 aliphatic heterocycles. The van der Waals surface area contributed by atoms with Crippen molar-refractivity contribution in [2.45, 2.75) is 64.5 Å². The predicted octanol–water partition coefficient (Wildman–Crippen LogP) is 9.33. The third-order valence-corrected chi connectivity index (χ3v) is 7.01. The molecule has 0 aromatic heterocycles. The average Bonchev–Trinajstić information content (AvgIpc) is 2.87. The predicted molar refractivity (Wildman–Crippen MR) is 137 cm³/mol. The molecule has 5 heteroatoms. The van der Waals surface area contributed by atoms with Crippen LogP contribution in [0.25, 0.3) is 21.9 Å². The van der Waals surface area contributed by atoms with Gasteiger partial charge in [-0.15, -0.1) is 0 Å². The fourth-order valence-electron chi connectivity index (χ4n) is 4.93. The third kappa shape index (κ3) is 7.03. The summed E-state index contributed by atoms with van der Waals surface area (Å²) in [5.41, 5.74) is 2.83. The molecule has 0 spiro atoms. The van der Waals surface area contributed by atoms with Crippen molar-refractivity contribution in [2.24, 2.45) is 11.8 Å². The number of unbranched alkanes of at least 4 members (excludes halogenated alkanes) is 2. The molecule has 1 aliphatic carbocycles. The monoisotopic (exact) mass is 496 g/mol. The van der Waals surface area contributed by atoms with E-state index in [0.29, 0.717) is 11.3 Å².